The SMILES string of the molecule is CN1C[C@@H]2[C@@H]3C(=O)N(Cc4ccccc4)C(=O)[C@@H]3[C@](Cc3ccccc3)(C1=O)N2C(=O)c1ccccc1. The van der Waals surface area contributed by atoms with Gasteiger partial charge in [-0.05, 0) is 23.3 Å². The second-order valence-corrected chi connectivity index (χ2v) is 10.1. The molecule has 3 saturated heterocycles. The zero-order valence-corrected chi connectivity index (χ0v) is 20.5. The predicted octanol–water partition coefficient (Wildman–Crippen LogP) is 2.77. The fourth-order valence-corrected chi connectivity index (χ4v) is 6.52. The Morgan fingerprint density at radius 3 is 2.00 bits per heavy atom. The first-order chi connectivity index (χ1) is 17.9. The van der Waals surface area contributed by atoms with Crippen LogP contribution < -0.4 is 0 Å². The number of hydrogen-bond donors (Lipinski definition) is 0. The van der Waals surface area contributed by atoms with Gasteiger partial charge in [-0.25, -0.2) is 0 Å². The predicted molar refractivity (Wildman–Crippen MR) is 136 cm³/mol. The van der Waals surface area contributed by atoms with Crippen LogP contribution in [0.4, 0.5) is 0 Å². The number of piperazine rings is 1. The summed E-state index contributed by atoms with van der Waals surface area (Å²) in [6.07, 6.45) is 0.158. The van der Waals surface area contributed by atoms with Gasteiger partial charge < -0.3 is 9.80 Å². The van der Waals surface area contributed by atoms with E-state index < -0.39 is 23.4 Å². The summed E-state index contributed by atoms with van der Waals surface area (Å²) in [4.78, 5) is 60.7. The summed E-state index contributed by atoms with van der Waals surface area (Å²) in [7, 11) is 1.69. The van der Waals surface area contributed by atoms with E-state index in [1.54, 1.807) is 41.1 Å². The molecule has 4 amide bonds. The highest BCUT2D eigenvalue weighted by atomic mass is 16.2. The van der Waals surface area contributed by atoms with E-state index in [-0.39, 0.29) is 43.1 Å². The van der Waals surface area contributed by atoms with E-state index in [1.807, 2.05) is 66.7 Å². The molecule has 3 aliphatic heterocycles. The van der Waals surface area contributed by atoms with Crippen molar-refractivity contribution in [2.24, 2.45) is 11.8 Å². The van der Waals surface area contributed by atoms with Gasteiger partial charge in [0.15, 0.2) is 0 Å². The minimum atomic E-state index is -1.49. The van der Waals surface area contributed by atoms with Crippen LogP contribution in [0.1, 0.15) is 21.5 Å². The van der Waals surface area contributed by atoms with Crippen molar-refractivity contribution in [3.8, 4) is 0 Å². The van der Waals surface area contributed by atoms with Crippen LogP contribution in [0.3, 0.4) is 0 Å². The van der Waals surface area contributed by atoms with Crippen molar-refractivity contribution in [3.05, 3.63) is 108 Å². The number of rotatable bonds is 5. The highest BCUT2D eigenvalue weighted by Gasteiger charge is 2.75. The quantitative estimate of drug-likeness (QED) is 0.512. The lowest BCUT2D eigenvalue weighted by molar-refractivity contribution is -0.155. The van der Waals surface area contributed by atoms with Gasteiger partial charge in [0.1, 0.15) is 5.54 Å². The van der Waals surface area contributed by atoms with Gasteiger partial charge in [0, 0.05) is 25.6 Å². The number of amides is 4. The molecule has 0 aliphatic carbocycles. The molecule has 6 rings (SSSR count). The summed E-state index contributed by atoms with van der Waals surface area (Å²) in [5, 5.41) is 0. The fraction of sp³-hybridized carbons (Fsp3) is 0.267. The number of carbonyl (C=O) groups is 4. The van der Waals surface area contributed by atoms with Gasteiger partial charge in [0.25, 0.3) is 5.91 Å². The monoisotopic (exact) mass is 493 g/mol. The minimum Gasteiger partial charge on any atom is -0.342 e. The number of carbonyl (C=O) groups excluding carboxylic acids is 4. The van der Waals surface area contributed by atoms with Crippen LogP contribution in [0, 0.1) is 11.8 Å². The Morgan fingerprint density at radius 2 is 1.38 bits per heavy atom. The number of benzene rings is 3. The number of fused-ring (bicyclic) bond motifs is 5. The van der Waals surface area contributed by atoms with Gasteiger partial charge in [-0.3, -0.25) is 24.1 Å². The van der Waals surface area contributed by atoms with Crippen LogP contribution >= 0.6 is 0 Å². The van der Waals surface area contributed by atoms with Crippen molar-refractivity contribution in [1.82, 2.24) is 14.7 Å². The van der Waals surface area contributed by atoms with Crippen molar-refractivity contribution in [2.45, 2.75) is 24.5 Å². The third-order valence-corrected chi connectivity index (χ3v) is 8.05. The summed E-state index contributed by atoms with van der Waals surface area (Å²) in [5.41, 5.74) is 0.614. The lowest BCUT2D eigenvalue weighted by Crippen LogP contribution is -2.69. The van der Waals surface area contributed by atoms with Crippen LogP contribution in [0.5, 0.6) is 0 Å². The van der Waals surface area contributed by atoms with Crippen LogP contribution in [0.25, 0.3) is 0 Å². The summed E-state index contributed by atoms with van der Waals surface area (Å²) in [6, 6.07) is 27.0. The average molecular weight is 494 g/mol. The van der Waals surface area contributed by atoms with Crippen LogP contribution in [0.15, 0.2) is 91.0 Å². The van der Waals surface area contributed by atoms with E-state index >= 15 is 0 Å². The molecular formula is C30H27N3O4. The van der Waals surface area contributed by atoms with E-state index in [0.717, 1.165) is 11.1 Å². The van der Waals surface area contributed by atoms with E-state index in [2.05, 4.69) is 0 Å². The molecule has 0 saturated carbocycles. The number of likely N-dealkylation sites (tertiary alicyclic amines) is 2. The van der Waals surface area contributed by atoms with Gasteiger partial charge in [-0.15, -0.1) is 0 Å². The third kappa shape index (κ3) is 3.41. The van der Waals surface area contributed by atoms with E-state index in [1.165, 1.54) is 4.90 Å². The van der Waals surface area contributed by atoms with Gasteiger partial charge in [0.05, 0.1) is 24.4 Å². The van der Waals surface area contributed by atoms with Gasteiger partial charge in [-0.1, -0.05) is 78.9 Å². The van der Waals surface area contributed by atoms with Gasteiger partial charge in [-0.2, -0.15) is 0 Å². The molecule has 0 unspecified atom stereocenters. The summed E-state index contributed by atoms with van der Waals surface area (Å²) < 4.78 is 0. The van der Waals surface area contributed by atoms with E-state index in [4.69, 9.17) is 0 Å². The molecule has 0 aromatic heterocycles. The number of imide groups is 1. The minimum absolute atomic E-state index is 0.149. The van der Waals surface area contributed by atoms with Crippen molar-refractivity contribution < 1.29 is 19.2 Å². The zero-order valence-electron chi connectivity index (χ0n) is 20.5. The topological polar surface area (TPSA) is 78.0 Å². The lowest BCUT2D eigenvalue weighted by atomic mass is 9.75. The molecule has 37 heavy (non-hydrogen) atoms. The highest BCUT2D eigenvalue weighted by molar-refractivity contribution is 6.13. The Morgan fingerprint density at radius 1 is 0.811 bits per heavy atom. The molecule has 7 nitrogen and oxygen atoms in total. The molecule has 0 radical (unpaired) electrons. The molecule has 3 heterocycles. The van der Waals surface area contributed by atoms with Crippen LogP contribution in [-0.4, -0.2) is 63.5 Å². The van der Waals surface area contributed by atoms with Gasteiger partial charge in [0.2, 0.25) is 17.7 Å². The van der Waals surface area contributed by atoms with Crippen molar-refractivity contribution in [2.75, 3.05) is 13.6 Å². The molecule has 2 bridgehead atoms. The average Bonchev–Trinajstić information content (AvgIpc) is 3.31. The third-order valence-electron chi connectivity index (χ3n) is 8.05. The first-order valence-corrected chi connectivity index (χ1v) is 12.5. The largest absolute Gasteiger partial charge is 0.342 e. The summed E-state index contributed by atoms with van der Waals surface area (Å²) in [5.74, 6) is -3.04. The molecule has 3 aromatic rings. The molecule has 0 N–H and O–H groups in total. The maximum absolute atomic E-state index is 14.2. The molecule has 3 fully saturated rings. The summed E-state index contributed by atoms with van der Waals surface area (Å²) in [6.45, 7) is 0.351. The molecule has 3 aromatic carbocycles. The number of hydrogen-bond acceptors (Lipinski definition) is 4. The maximum Gasteiger partial charge on any atom is 0.255 e. The fourth-order valence-electron chi connectivity index (χ4n) is 6.52. The summed E-state index contributed by atoms with van der Waals surface area (Å²) >= 11 is 0. The Bertz CT molecular complexity index is 1380. The maximum atomic E-state index is 14.2. The van der Waals surface area contributed by atoms with Crippen molar-refractivity contribution in [1.29, 1.82) is 0 Å². The first kappa shape index (κ1) is 23.2. The molecule has 3 aliphatic rings. The second kappa shape index (κ2) is 8.69. The highest BCUT2D eigenvalue weighted by Crippen LogP contribution is 2.54. The Labute approximate surface area is 215 Å². The molecule has 186 valence electrons. The Hall–Kier alpha value is -4.26. The Balaban J connectivity index is 1.50. The van der Waals surface area contributed by atoms with E-state index in [9.17, 15) is 19.2 Å². The molecule has 7 heteroatoms. The van der Waals surface area contributed by atoms with Crippen LogP contribution in [-0.2, 0) is 27.3 Å². The molecule has 0 spiro atoms. The van der Waals surface area contributed by atoms with E-state index in [0.29, 0.717) is 5.56 Å². The standard InChI is InChI=1S/C30H27N3O4/c1-31-19-23-24-25(28(36)32(27(24)35)18-21-13-7-3-8-14-21)30(29(31)37,17-20-11-5-2-6-12-20)33(23)26(34)22-15-9-4-10-16-22/h2-16,23-25H,17-19H2,1H3/t23-,24+,25-,30-/m1/s1. The van der Waals surface area contributed by atoms with Crippen LogP contribution in [0.2, 0.25) is 0 Å². The molecular weight excluding hydrogens is 466 g/mol. The smallest absolute Gasteiger partial charge is 0.255 e. The Kier molecular flexibility index (Phi) is 5.44. The second-order valence-electron chi connectivity index (χ2n) is 10.1. The van der Waals surface area contributed by atoms with Gasteiger partial charge >= 0.3 is 0 Å². The van der Waals surface area contributed by atoms with Crippen molar-refractivity contribution >= 4 is 23.6 Å². The normalized spacial score (nSPS) is 26.6. The lowest BCUT2D eigenvalue weighted by Gasteiger charge is -2.49. The number of likely N-dealkylation sites (N-methyl/N-ethyl adjacent to an activating group) is 1. The molecule has 4 atom stereocenters. The number of nitrogens with zero attached hydrogens (tertiary/aromatic N) is 3. The first-order valence-electron chi connectivity index (χ1n) is 12.5. The zero-order chi connectivity index (χ0) is 25.7. The van der Waals surface area contributed by atoms with Crippen molar-refractivity contribution in [3.63, 3.8) is 0 Å².